The molecule has 0 atom stereocenters. The first kappa shape index (κ1) is 16.4. The molecule has 6 heteroatoms. The molecule has 2 aromatic rings. The van der Waals surface area contributed by atoms with E-state index < -0.39 is 17.7 Å². The van der Waals surface area contributed by atoms with E-state index in [-0.39, 0.29) is 6.61 Å². The normalized spacial score (nSPS) is 16.5. The van der Waals surface area contributed by atoms with Gasteiger partial charge in [0.05, 0.1) is 5.56 Å². The van der Waals surface area contributed by atoms with Gasteiger partial charge in [-0.3, -0.25) is 4.79 Å². The van der Waals surface area contributed by atoms with Crippen molar-refractivity contribution in [3.05, 3.63) is 54.1 Å². The van der Waals surface area contributed by atoms with Gasteiger partial charge >= 0.3 is 5.97 Å². The lowest BCUT2D eigenvalue weighted by Crippen LogP contribution is -2.34. The highest BCUT2D eigenvalue weighted by Gasteiger charge is 2.44. The molecule has 2 aromatic carbocycles. The van der Waals surface area contributed by atoms with Crippen LogP contribution in [0.3, 0.4) is 0 Å². The highest BCUT2D eigenvalue weighted by atomic mass is 16.7. The highest BCUT2D eigenvalue weighted by Crippen LogP contribution is 2.47. The Bertz CT molecular complexity index is 827. The van der Waals surface area contributed by atoms with Crippen LogP contribution in [0.25, 0.3) is 0 Å². The van der Waals surface area contributed by atoms with Gasteiger partial charge in [-0.2, -0.15) is 0 Å². The number of nitrogens with one attached hydrogen (secondary N) is 1. The number of hydrogen-bond acceptors (Lipinski definition) is 5. The Kier molecular flexibility index (Phi) is 4.24. The van der Waals surface area contributed by atoms with Gasteiger partial charge in [0.15, 0.2) is 18.1 Å². The topological polar surface area (TPSA) is 73.9 Å². The summed E-state index contributed by atoms with van der Waals surface area (Å²) in [5.41, 5.74) is 0.980. The Balaban J connectivity index is 1.34. The smallest absolute Gasteiger partial charge is 0.338 e. The maximum Gasteiger partial charge on any atom is 0.338 e. The molecule has 0 aromatic heterocycles. The van der Waals surface area contributed by atoms with E-state index in [0.717, 1.165) is 25.7 Å². The van der Waals surface area contributed by atoms with E-state index in [1.807, 2.05) is 0 Å². The maximum atomic E-state index is 12.0. The summed E-state index contributed by atoms with van der Waals surface area (Å²) in [5.74, 6) is -0.152. The van der Waals surface area contributed by atoms with Crippen molar-refractivity contribution in [3.63, 3.8) is 0 Å². The second kappa shape index (κ2) is 6.71. The van der Waals surface area contributed by atoms with E-state index in [0.29, 0.717) is 22.7 Å². The summed E-state index contributed by atoms with van der Waals surface area (Å²) in [6.45, 7) is -0.355. The van der Waals surface area contributed by atoms with Gasteiger partial charge in [-0.1, -0.05) is 18.2 Å². The lowest BCUT2D eigenvalue weighted by Gasteiger charge is -2.21. The number of rotatable bonds is 4. The van der Waals surface area contributed by atoms with Crippen LogP contribution in [-0.4, -0.2) is 24.3 Å². The quantitative estimate of drug-likeness (QED) is 0.851. The highest BCUT2D eigenvalue weighted by molar-refractivity contribution is 5.95. The van der Waals surface area contributed by atoms with Crippen LogP contribution in [-0.2, 0) is 9.53 Å². The third-order valence-electron chi connectivity index (χ3n) is 4.53. The minimum Gasteiger partial charge on any atom is -0.452 e. The standard InChI is InChI=1S/C20H19NO5/c22-18(13-24-19(23)14-6-2-1-3-7-14)21-15-8-9-16-17(12-15)26-20(25-16)10-4-5-11-20/h1-3,6-9,12H,4-5,10-11,13H2,(H,21,22). The van der Waals surface area contributed by atoms with Gasteiger partial charge < -0.3 is 19.5 Å². The van der Waals surface area contributed by atoms with Crippen molar-refractivity contribution < 1.29 is 23.8 Å². The van der Waals surface area contributed by atoms with Crippen LogP contribution < -0.4 is 14.8 Å². The summed E-state index contributed by atoms with van der Waals surface area (Å²) in [6, 6.07) is 13.8. The average Bonchev–Trinajstić information content (AvgIpc) is 3.26. The predicted octanol–water partition coefficient (Wildman–Crippen LogP) is 3.52. The number of ether oxygens (including phenoxy) is 3. The van der Waals surface area contributed by atoms with Gasteiger partial charge in [0, 0.05) is 24.6 Å². The molecule has 1 fully saturated rings. The van der Waals surface area contributed by atoms with Crippen LogP contribution in [0, 0.1) is 0 Å². The maximum absolute atomic E-state index is 12.0. The van der Waals surface area contributed by atoms with Crippen molar-refractivity contribution >= 4 is 17.6 Å². The van der Waals surface area contributed by atoms with Crippen LogP contribution >= 0.6 is 0 Å². The number of hydrogen-bond donors (Lipinski definition) is 1. The largest absolute Gasteiger partial charge is 0.452 e. The van der Waals surface area contributed by atoms with Crippen LogP contribution in [0.4, 0.5) is 5.69 Å². The summed E-state index contributed by atoms with van der Waals surface area (Å²) >= 11 is 0. The molecule has 2 aliphatic rings. The van der Waals surface area contributed by atoms with Crippen molar-refractivity contribution in [1.82, 2.24) is 0 Å². The Morgan fingerprint density at radius 3 is 2.50 bits per heavy atom. The van der Waals surface area contributed by atoms with E-state index in [1.165, 1.54) is 0 Å². The summed E-state index contributed by atoms with van der Waals surface area (Å²) in [5, 5.41) is 2.71. The second-order valence-electron chi connectivity index (χ2n) is 6.47. The molecule has 0 saturated heterocycles. The average molecular weight is 353 g/mol. The second-order valence-corrected chi connectivity index (χ2v) is 6.47. The number of benzene rings is 2. The predicted molar refractivity (Wildman–Crippen MR) is 94.3 cm³/mol. The fourth-order valence-corrected chi connectivity index (χ4v) is 3.28. The van der Waals surface area contributed by atoms with Crippen LogP contribution in [0.15, 0.2) is 48.5 Å². The van der Waals surface area contributed by atoms with Crippen molar-refractivity contribution in [3.8, 4) is 11.5 Å². The summed E-state index contributed by atoms with van der Waals surface area (Å²) in [4.78, 5) is 23.9. The Labute approximate surface area is 151 Å². The van der Waals surface area contributed by atoms with Crippen molar-refractivity contribution in [2.24, 2.45) is 0 Å². The number of carbonyl (C=O) groups excluding carboxylic acids is 2. The molecule has 1 spiro atoms. The van der Waals surface area contributed by atoms with E-state index in [1.54, 1.807) is 48.5 Å². The van der Waals surface area contributed by atoms with Gasteiger partial charge in [-0.25, -0.2) is 4.79 Å². The molecule has 1 aliphatic heterocycles. The molecule has 1 aliphatic carbocycles. The molecule has 134 valence electrons. The Morgan fingerprint density at radius 1 is 1.00 bits per heavy atom. The SMILES string of the molecule is O=C(COC(=O)c1ccccc1)Nc1ccc2c(c1)OC1(CCCC1)O2. The van der Waals surface area contributed by atoms with Gasteiger partial charge in [-0.05, 0) is 37.1 Å². The molecule has 4 rings (SSSR count). The lowest BCUT2D eigenvalue weighted by atomic mass is 10.2. The minimum absolute atomic E-state index is 0.355. The number of fused-ring (bicyclic) bond motifs is 1. The lowest BCUT2D eigenvalue weighted by molar-refractivity contribution is -0.119. The molecule has 6 nitrogen and oxygen atoms in total. The molecule has 0 radical (unpaired) electrons. The van der Waals surface area contributed by atoms with Gasteiger partial charge in [0.25, 0.3) is 11.7 Å². The first-order chi connectivity index (χ1) is 12.6. The first-order valence-corrected chi connectivity index (χ1v) is 8.68. The fraction of sp³-hybridized carbons (Fsp3) is 0.300. The van der Waals surface area contributed by atoms with Crippen LogP contribution in [0.1, 0.15) is 36.0 Å². The minimum atomic E-state index is -0.533. The van der Waals surface area contributed by atoms with Crippen molar-refractivity contribution in [2.75, 3.05) is 11.9 Å². The van der Waals surface area contributed by atoms with E-state index in [2.05, 4.69) is 5.32 Å². The molecular formula is C20H19NO5. The zero-order chi connectivity index (χ0) is 18.0. The number of amides is 1. The zero-order valence-electron chi connectivity index (χ0n) is 14.2. The number of esters is 1. The molecule has 1 N–H and O–H groups in total. The molecule has 26 heavy (non-hydrogen) atoms. The van der Waals surface area contributed by atoms with E-state index in [4.69, 9.17) is 14.2 Å². The molecule has 1 heterocycles. The number of carbonyl (C=O) groups is 2. The Morgan fingerprint density at radius 2 is 1.73 bits per heavy atom. The summed E-state index contributed by atoms with van der Waals surface area (Å²) in [7, 11) is 0. The monoisotopic (exact) mass is 353 g/mol. The fourth-order valence-electron chi connectivity index (χ4n) is 3.28. The van der Waals surface area contributed by atoms with Gasteiger partial charge in [-0.15, -0.1) is 0 Å². The van der Waals surface area contributed by atoms with Gasteiger partial charge in [0.2, 0.25) is 0 Å². The molecule has 0 unspecified atom stereocenters. The summed E-state index contributed by atoms with van der Waals surface area (Å²) in [6.07, 6.45) is 3.92. The first-order valence-electron chi connectivity index (χ1n) is 8.68. The summed E-state index contributed by atoms with van der Waals surface area (Å²) < 4.78 is 16.9. The molecule has 0 bridgehead atoms. The van der Waals surface area contributed by atoms with Crippen molar-refractivity contribution in [1.29, 1.82) is 0 Å². The van der Waals surface area contributed by atoms with Crippen LogP contribution in [0.5, 0.6) is 11.5 Å². The van der Waals surface area contributed by atoms with Gasteiger partial charge in [0.1, 0.15) is 0 Å². The number of anilines is 1. The molecule has 1 saturated carbocycles. The van der Waals surface area contributed by atoms with E-state index in [9.17, 15) is 9.59 Å². The van der Waals surface area contributed by atoms with Crippen LogP contribution in [0.2, 0.25) is 0 Å². The van der Waals surface area contributed by atoms with E-state index >= 15 is 0 Å². The zero-order valence-corrected chi connectivity index (χ0v) is 14.2. The molecule has 1 amide bonds. The van der Waals surface area contributed by atoms with Crippen molar-refractivity contribution in [2.45, 2.75) is 31.5 Å². The Hall–Kier alpha value is -3.02. The third kappa shape index (κ3) is 3.35. The molecular weight excluding hydrogens is 334 g/mol. The third-order valence-corrected chi connectivity index (χ3v) is 4.53.